The van der Waals surface area contributed by atoms with E-state index in [1.165, 1.54) is 0 Å². The maximum Gasteiger partial charge on any atom is 0.139 e. The van der Waals surface area contributed by atoms with Gasteiger partial charge in [-0.2, -0.15) is 0 Å². The van der Waals surface area contributed by atoms with Crippen molar-refractivity contribution in [1.82, 2.24) is 0 Å². The van der Waals surface area contributed by atoms with E-state index in [4.69, 9.17) is 23.2 Å². The molecule has 0 radical (unpaired) electrons. The molecule has 0 amide bonds. The Kier molecular flexibility index (Phi) is 4.25. The zero-order valence-electron chi connectivity index (χ0n) is 10.2. The molecule has 1 fully saturated rings. The molecule has 0 aliphatic carbocycles. The minimum absolute atomic E-state index is 0.0252. The highest BCUT2D eigenvalue weighted by Crippen LogP contribution is 2.40. The molecular formula is C13H14BrCl2NO. The summed E-state index contributed by atoms with van der Waals surface area (Å²) in [4.78, 5) is 13.9. The highest BCUT2D eigenvalue weighted by Gasteiger charge is 2.32. The standard InChI is InChI=1S/C13H14BrCl2NO/c1-7-8(2)17(6-5-11(7)18)10-4-3-9(14)12(15)13(10)16/h3-4,7-8H,5-6H2,1-2H3. The summed E-state index contributed by atoms with van der Waals surface area (Å²) in [6, 6.07) is 3.97. The van der Waals surface area contributed by atoms with E-state index in [9.17, 15) is 4.79 Å². The third-order valence-corrected chi connectivity index (χ3v) is 5.41. The Morgan fingerprint density at radius 2 is 1.94 bits per heavy atom. The third kappa shape index (κ3) is 2.40. The number of anilines is 1. The third-order valence-electron chi connectivity index (χ3n) is 3.65. The van der Waals surface area contributed by atoms with Gasteiger partial charge in [-0.25, -0.2) is 0 Å². The Balaban J connectivity index is 2.38. The molecule has 1 saturated heterocycles. The van der Waals surface area contributed by atoms with Crippen LogP contribution >= 0.6 is 39.1 Å². The summed E-state index contributed by atoms with van der Waals surface area (Å²) in [6.07, 6.45) is 0.565. The lowest BCUT2D eigenvalue weighted by Crippen LogP contribution is -2.47. The number of ketones is 1. The molecule has 1 aliphatic heterocycles. The molecule has 1 aliphatic rings. The average Bonchev–Trinajstić information content (AvgIpc) is 2.35. The number of halogens is 3. The van der Waals surface area contributed by atoms with Gasteiger partial charge in [0.1, 0.15) is 5.78 Å². The lowest BCUT2D eigenvalue weighted by atomic mass is 9.90. The van der Waals surface area contributed by atoms with Crippen molar-refractivity contribution in [1.29, 1.82) is 0 Å². The van der Waals surface area contributed by atoms with Gasteiger partial charge in [0.25, 0.3) is 0 Å². The van der Waals surface area contributed by atoms with E-state index >= 15 is 0 Å². The Morgan fingerprint density at radius 1 is 1.28 bits per heavy atom. The lowest BCUT2D eigenvalue weighted by molar-refractivity contribution is -0.123. The number of piperidine rings is 1. The van der Waals surface area contributed by atoms with Crippen LogP contribution < -0.4 is 4.90 Å². The fourth-order valence-electron chi connectivity index (χ4n) is 2.28. The van der Waals surface area contributed by atoms with Gasteiger partial charge in [-0.3, -0.25) is 4.79 Å². The number of carbonyl (C=O) groups is 1. The van der Waals surface area contributed by atoms with Crippen molar-refractivity contribution in [2.24, 2.45) is 5.92 Å². The first-order chi connectivity index (χ1) is 8.43. The fraction of sp³-hybridized carbons (Fsp3) is 0.462. The Hall–Kier alpha value is -0.250. The molecule has 2 unspecified atom stereocenters. The largest absolute Gasteiger partial charge is 0.366 e. The molecule has 2 nitrogen and oxygen atoms in total. The van der Waals surface area contributed by atoms with Crippen LogP contribution in [0, 0.1) is 5.92 Å². The van der Waals surface area contributed by atoms with Gasteiger partial charge < -0.3 is 4.90 Å². The quantitative estimate of drug-likeness (QED) is 0.692. The monoisotopic (exact) mass is 349 g/mol. The van der Waals surface area contributed by atoms with Gasteiger partial charge in [0.05, 0.1) is 15.7 Å². The zero-order chi connectivity index (χ0) is 13.4. The van der Waals surface area contributed by atoms with Crippen LogP contribution in [0.2, 0.25) is 10.0 Å². The predicted molar refractivity (Wildman–Crippen MR) is 79.8 cm³/mol. The number of rotatable bonds is 1. The summed E-state index contributed by atoms with van der Waals surface area (Å²) in [6.45, 7) is 4.71. The summed E-state index contributed by atoms with van der Waals surface area (Å²) < 4.78 is 0.784. The minimum Gasteiger partial charge on any atom is -0.366 e. The molecule has 0 aromatic heterocycles. The van der Waals surface area contributed by atoms with E-state index in [2.05, 4.69) is 20.8 Å². The smallest absolute Gasteiger partial charge is 0.139 e. The van der Waals surface area contributed by atoms with Gasteiger partial charge in [-0.05, 0) is 35.0 Å². The first-order valence-corrected chi connectivity index (χ1v) is 7.41. The zero-order valence-corrected chi connectivity index (χ0v) is 13.3. The van der Waals surface area contributed by atoms with Crippen molar-refractivity contribution < 1.29 is 4.79 Å². The van der Waals surface area contributed by atoms with Crippen molar-refractivity contribution in [2.45, 2.75) is 26.3 Å². The van der Waals surface area contributed by atoms with Crippen molar-refractivity contribution in [3.63, 3.8) is 0 Å². The van der Waals surface area contributed by atoms with Crippen molar-refractivity contribution in [3.8, 4) is 0 Å². The summed E-state index contributed by atoms with van der Waals surface area (Å²) in [7, 11) is 0. The fourth-order valence-corrected chi connectivity index (χ4v) is 3.16. The maximum atomic E-state index is 11.7. The predicted octanol–water partition coefficient (Wildman–Crippen LogP) is 4.56. The van der Waals surface area contributed by atoms with Crippen LogP contribution in [0.4, 0.5) is 5.69 Å². The molecule has 98 valence electrons. The Morgan fingerprint density at radius 3 is 2.61 bits per heavy atom. The van der Waals surface area contributed by atoms with Gasteiger partial charge in [0, 0.05) is 29.4 Å². The first kappa shape index (κ1) is 14.2. The highest BCUT2D eigenvalue weighted by molar-refractivity contribution is 9.10. The second kappa shape index (κ2) is 5.40. The van der Waals surface area contributed by atoms with Crippen LogP contribution in [-0.4, -0.2) is 18.4 Å². The number of Topliss-reactive ketones (excluding diaryl/α,β-unsaturated/α-hetero) is 1. The van der Waals surface area contributed by atoms with E-state index in [0.717, 1.165) is 10.2 Å². The molecule has 1 heterocycles. The molecule has 2 rings (SSSR count). The Labute approximate surface area is 125 Å². The number of hydrogen-bond donors (Lipinski definition) is 0. The molecule has 0 bridgehead atoms. The number of benzene rings is 1. The molecule has 1 aromatic carbocycles. The van der Waals surface area contributed by atoms with E-state index in [-0.39, 0.29) is 12.0 Å². The van der Waals surface area contributed by atoms with Gasteiger partial charge in [0.2, 0.25) is 0 Å². The normalized spacial score (nSPS) is 24.5. The van der Waals surface area contributed by atoms with Gasteiger partial charge in [-0.1, -0.05) is 30.1 Å². The van der Waals surface area contributed by atoms with Crippen molar-refractivity contribution >= 4 is 50.6 Å². The second-order valence-electron chi connectivity index (χ2n) is 4.63. The van der Waals surface area contributed by atoms with E-state index in [0.29, 0.717) is 28.8 Å². The topological polar surface area (TPSA) is 20.3 Å². The SMILES string of the molecule is CC1C(=O)CCN(c2ccc(Br)c(Cl)c2Cl)C1C. The van der Waals surface area contributed by atoms with Crippen LogP contribution in [0.3, 0.4) is 0 Å². The summed E-state index contributed by atoms with van der Waals surface area (Å²) in [5, 5.41) is 1.06. The molecule has 5 heteroatoms. The van der Waals surface area contributed by atoms with Crippen LogP contribution in [0.1, 0.15) is 20.3 Å². The second-order valence-corrected chi connectivity index (χ2v) is 6.24. The van der Waals surface area contributed by atoms with Crippen LogP contribution in [0.25, 0.3) is 0 Å². The van der Waals surface area contributed by atoms with Crippen LogP contribution in [-0.2, 0) is 4.79 Å². The van der Waals surface area contributed by atoms with Crippen LogP contribution in [0.5, 0.6) is 0 Å². The molecule has 1 aromatic rings. The van der Waals surface area contributed by atoms with E-state index in [1.54, 1.807) is 0 Å². The number of nitrogens with zero attached hydrogens (tertiary/aromatic N) is 1. The summed E-state index contributed by atoms with van der Waals surface area (Å²) in [5.41, 5.74) is 0.900. The van der Waals surface area contributed by atoms with Crippen LogP contribution in [0.15, 0.2) is 16.6 Å². The number of hydrogen-bond acceptors (Lipinski definition) is 2. The summed E-state index contributed by atoms with van der Waals surface area (Å²) >= 11 is 15.8. The van der Waals surface area contributed by atoms with E-state index < -0.39 is 0 Å². The van der Waals surface area contributed by atoms with Gasteiger partial charge >= 0.3 is 0 Å². The molecule has 0 saturated carbocycles. The molecular weight excluding hydrogens is 337 g/mol. The molecule has 0 spiro atoms. The lowest BCUT2D eigenvalue weighted by Gasteiger charge is -2.39. The van der Waals surface area contributed by atoms with E-state index in [1.807, 2.05) is 26.0 Å². The average molecular weight is 351 g/mol. The minimum atomic E-state index is 0.0252. The maximum absolute atomic E-state index is 11.7. The molecule has 0 N–H and O–H groups in total. The summed E-state index contributed by atoms with van der Waals surface area (Å²) in [5.74, 6) is 0.343. The Bertz CT molecular complexity index is 492. The van der Waals surface area contributed by atoms with Gasteiger partial charge in [-0.15, -0.1) is 0 Å². The molecule has 2 atom stereocenters. The molecule has 18 heavy (non-hydrogen) atoms. The first-order valence-electron chi connectivity index (χ1n) is 5.86. The number of carbonyl (C=O) groups excluding carboxylic acids is 1. The van der Waals surface area contributed by atoms with Gasteiger partial charge in [0.15, 0.2) is 0 Å². The van der Waals surface area contributed by atoms with Crippen molar-refractivity contribution in [3.05, 3.63) is 26.7 Å². The van der Waals surface area contributed by atoms with Crippen molar-refractivity contribution in [2.75, 3.05) is 11.4 Å². The highest BCUT2D eigenvalue weighted by atomic mass is 79.9.